The molecule has 1 saturated carbocycles. The molecule has 0 bridgehead atoms. The SMILES string of the molecule is CO[C@H]1C[C@@H](C(=O)NCCc2ccccc2Cl)CC[C@@H]1N.Cl. The van der Waals surface area contributed by atoms with Crippen LogP contribution in [0, 0.1) is 5.92 Å². The monoisotopic (exact) mass is 346 g/mol. The number of nitrogens with two attached hydrogens (primary N) is 1. The smallest absolute Gasteiger partial charge is 0.223 e. The first kappa shape index (κ1) is 19.2. The highest BCUT2D eigenvalue weighted by Gasteiger charge is 2.31. The van der Waals surface area contributed by atoms with Crippen molar-refractivity contribution in [2.75, 3.05) is 13.7 Å². The molecule has 1 fully saturated rings. The van der Waals surface area contributed by atoms with Crippen LogP contribution in [0.25, 0.3) is 0 Å². The molecule has 0 aromatic heterocycles. The maximum Gasteiger partial charge on any atom is 0.223 e. The van der Waals surface area contributed by atoms with Crippen LogP contribution in [0.15, 0.2) is 24.3 Å². The van der Waals surface area contributed by atoms with Gasteiger partial charge in [0.15, 0.2) is 0 Å². The van der Waals surface area contributed by atoms with Crippen molar-refractivity contribution in [1.29, 1.82) is 0 Å². The average molecular weight is 347 g/mol. The van der Waals surface area contributed by atoms with Crippen LogP contribution in [-0.4, -0.2) is 31.7 Å². The van der Waals surface area contributed by atoms with Crippen molar-refractivity contribution in [2.24, 2.45) is 11.7 Å². The van der Waals surface area contributed by atoms with Crippen LogP contribution >= 0.6 is 24.0 Å². The molecule has 1 amide bonds. The molecule has 22 heavy (non-hydrogen) atoms. The standard InChI is InChI=1S/C16H23ClN2O2.ClH/c1-21-15-10-12(6-7-14(15)18)16(20)19-9-8-11-4-2-3-5-13(11)17;/h2-5,12,14-15H,6-10,18H2,1H3,(H,19,20);1H/t12-,14-,15-;/m0./s1. The van der Waals surface area contributed by atoms with Gasteiger partial charge in [0.25, 0.3) is 0 Å². The van der Waals surface area contributed by atoms with Crippen molar-refractivity contribution in [3.05, 3.63) is 34.9 Å². The number of ether oxygens (including phenoxy) is 1. The molecule has 0 unspecified atom stereocenters. The summed E-state index contributed by atoms with van der Waals surface area (Å²) >= 11 is 6.10. The summed E-state index contributed by atoms with van der Waals surface area (Å²) in [7, 11) is 1.65. The third kappa shape index (κ3) is 5.13. The van der Waals surface area contributed by atoms with Gasteiger partial charge in [0.05, 0.1) is 6.10 Å². The minimum absolute atomic E-state index is 0. The van der Waals surface area contributed by atoms with E-state index in [-0.39, 0.29) is 36.4 Å². The minimum Gasteiger partial charge on any atom is -0.380 e. The largest absolute Gasteiger partial charge is 0.380 e. The molecule has 3 atom stereocenters. The molecule has 124 valence electrons. The first-order valence-electron chi connectivity index (χ1n) is 7.41. The molecule has 0 heterocycles. The molecular formula is C16H24Cl2N2O2. The number of rotatable bonds is 5. The Labute approximate surface area is 143 Å². The van der Waals surface area contributed by atoms with Crippen LogP contribution in [0.5, 0.6) is 0 Å². The van der Waals surface area contributed by atoms with Crippen LogP contribution in [0.2, 0.25) is 5.02 Å². The van der Waals surface area contributed by atoms with Gasteiger partial charge in [-0.25, -0.2) is 0 Å². The summed E-state index contributed by atoms with van der Waals surface area (Å²) in [5.41, 5.74) is 7.03. The fourth-order valence-electron chi connectivity index (χ4n) is 2.83. The summed E-state index contributed by atoms with van der Waals surface area (Å²) in [4.78, 5) is 12.2. The molecule has 0 aliphatic heterocycles. The Kier molecular flexibility index (Phi) is 8.18. The Hall–Kier alpha value is -0.810. The lowest BCUT2D eigenvalue weighted by Gasteiger charge is -2.32. The number of carbonyl (C=O) groups is 1. The van der Waals surface area contributed by atoms with E-state index < -0.39 is 0 Å². The van der Waals surface area contributed by atoms with Gasteiger partial charge >= 0.3 is 0 Å². The molecule has 1 aromatic rings. The molecule has 1 aromatic carbocycles. The number of methoxy groups -OCH3 is 1. The molecule has 6 heteroatoms. The lowest BCUT2D eigenvalue weighted by Crippen LogP contribution is -2.45. The van der Waals surface area contributed by atoms with Gasteiger partial charge in [0, 0.05) is 30.6 Å². The Morgan fingerprint density at radius 2 is 2.14 bits per heavy atom. The number of halogens is 2. The zero-order valence-electron chi connectivity index (χ0n) is 12.8. The fraction of sp³-hybridized carbons (Fsp3) is 0.562. The van der Waals surface area contributed by atoms with Crippen molar-refractivity contribution < 1.29 is 9.53 Å². The molecule has 0 spiro atoms. The maximum absolute atomic E-state index is 12.2. The van der Waals surface area contributed by atoms with Crippen molar-refractivity contribution in [3.8, 4) is 0 Å². The van der Waals surface area contributed by atoms with Crippen LogP contribution in [-0.2, 0) is 16.0 Å². The number of hydrogen-bond donors (Lipinski definition) is 2. The van der Waals surface area contributed by atoms with E-state index in [2.05, 4.69) is 5.32 Å². The van der Waals surface area contributed by atoms with E-state index in [1.165, 1.54) is 0 Å². The molecule has 1 aliphatic carbocycles. The quantitative estimate of drug-likeness (QED) is 0.860. The zero-order chi connectivity index (χ0) is 15.2. The highest BCUT2D eigenvalue weighted by Crippen LogP contribution is 2.25. The Bertz CT molecular complexity index is 485. The van der Waals surface area contributed by atoms with Crippen LogP contribution in [0.3, 0.4) is 0 Å². The summed E-state index contributed by atoms with van der Waals surface area (Å²) in [5.74, 6) is 0.0944. The Morgan fingerprint density at radius 3 is 2.82 bits per heavy atom. The molecule has 2 rings (SSSR count). The Morgan fingerprint density at radius 1 is 1.41 bits per heavy atom. The van der Waals surface area contributed by atoms with Gasteiger partial charge in [-0.05, 0) is 37.3 Å². The van der Waals surface area contributed by atoms with Gasteiger partial charge in [-0.2, -0.15) is 0 Å². The van der Waals surface area contributed by atoms with Crippen molar-refractivity contribution in [3.63, 3.8) is 0 Å². The average Bonchev–Trinajstić information content (AvgIpc) is 2.49. The van der Waals surface area contributed by atoms with Gasteiger partial charge in [-0.1, -0.05) is 29.8 Å². The van der Waals surface area contributed by atoms with Crippen molar-refractivity contribution in [1.82, 2.24) is 5.32 Å². The molecular weight excluding hydrogens is 323 g/mol. The third-order valence-corrected chi connectivity index (χ3v) is 4.54. The third-order valence-electron chi connectivity index (χ3n) is 4.17. The van der Waals surface area contributed by atoms with E-state index in [0.717, 1.165) is 29.8 Å². The predicted octanol–water partition coefficient (Wildman–Crippen LogP) is 2.56. The second kappa shape index (κ2) is 9.36. The van der Waals surface area contributed by atoms with Gasteiger partial charge in [-0.15, -0.1) is 12.4 Å². The molecule has 0 saturated heterocycles. The summed E-state index contributed by atoms with van der Waals surface area (Å²) in [6.07, 6.45) is 3.10. The first-order chi connectivity index (χ1) is 10.1. The van der Waals surface area contributed by atoms with E-state index in [4.69, 9.17) is 22.1 Å². The van der Waals surface area contributed by atoms with Crippen LogP contribution in [0.1, 0.15) is 24.8 Å². The van der Waals surface area contributed by atoms with Crippen molar-refractivity contribution >= 4 is 29.9 Å². The van der Waals surface area contributed by atoms with Crippen LogP contribution in [0.4, 0.5) is 0 Å². The lowest BCUT2D eigenvalue weighted by molar-refractivity contribution is -0.127. The van der Waals surface area contributed by atoms with Gasteiger partial charge < -0.3 is 15.8 Å². The zero-order valence-corrected chi connectivity index (χ0v) is 14.3. The molecule has 1 aliphatic rings. The predicted molar refractivity (Wildman–Crippen MR) is 91.5 cm³/mol. The van der Waals surface area contributed by atoms with Gasteiger partial charge in [-0.3, -0.25) is 4.79 Å². The second-order valence-electron chi connectivity index (χ2n) is 5.58. The van der Waals surface area contributed by atoms with Gasteiger partial charge in [0.1, 0.15) is 0 Å². The lowest BCUT2D eigenvalue weighted by atomic mass is 9.83. The molecule has 4 nitrogen and oxygen atoms in total. The van der Waals surface area contributed by atoms with Crippen LogP contribution < -0.4 is 11.1 Å². The van der Waals surface area contributed by atoms with E-state index in [1.807, 2.05) is 24.3 Å². The molecule has 0 radical (unpaired) electrons. The highest BCUT2D eigenvalue weighted by molar-refractivity contribution is 6.31. The van der Waals surface area contributed by atoms with E-state index in [9.17, 15) is 4.79 Å². The summed E-state index contributed by atoms with van der Waals surface area (Å²) in [6, 6.07) is 7.75. The Balaban J connectivity index is 0.00000242. The number of hydrogen-bond acceptors (Lipinski definition) is 3. The molecule has 3 N–H and O–H groups in total. The number of nitrogens with one attached hydrogen (secondary N) is 1. The van der Waals surface area contributed by atoms with Gasteiger partial charge in [0.2, 0.25) is 5.91 Å². The number of carbonyl (C=O) groups excluding carboxylic acids is 1. The normalized spacial score (nSPS) is 24.4. The summed E-state index contributed by atoms with van der Waals surface area (Å²) in [6.45, 7) is 0.600. The number of amides is 1. The first-order valence-corrected chi connectivity index (χ1v) is 7.79. The van der Waals surface area contributed by atoms with Crippen molar-refractivity contribution in [2.45, 2.75) is 37.8 Å². The minimum atomic E-state index is -0.0157. The van der Waals surface area contributed by atoms with E-state index >= 15 is 0 Å². The second-order valence-corrected chi connectivity index (χ2v) is 5.99. The summed E-state index contributed by atoms with van der Waals surface area (Å²) < 4.78 is 5.35. The van der Waals surface area contributed by atoms with E-state index in [1.54, 1.807) is 7.11 Å². The number of benzene rings is 1. The summed E-state index contributed by atoms with van der Waals surface area (Å²) in [5, 5.41) is 3.74. The highest BCUT2D eigenvalue weighted by atomic mass is 35.5. The fourth-order valence-corrected chi connectivity index (χ4v) is 3.06. The topological polar surface area (TPSA) is 64.3 Å². The maximum atomic E-state index is 12.2. The van der Waals surface area contributed by atoms with E-state index in [0.29, 0.717) is 13.0 Å².